The summed E-state index contributed by atoms with van der Waals surface area (Å²) in [6.07, 6.45) is 10.3. The highest BCUT2D eigenvalue weighted by Crippen LogP contribution is 2.54. The van der Waals surface area contributed by atoms with Crippen molar-refractivity contribution in [2.24, 2.45) is 0 Å². The maximum absolute atomic E-state index is 6.78. The lowest BCUT2D eigenvalue weighted by atomic mass is 9.63. The number of fused-ring (bicyclic) bond motifs is 6. The smallest absolute Gasteiger partial charge is 0.127 e. The van der Waals surface area contributed by atoms with Crippen LogP contribution < -0.4 is 14.5 Å². The normalized spacial score (nSPS) is 22.5. The van der Waals surface area contributed by atoms with Gasteiger partial charge in [-0.05, 0) is 197 Å². The van der Waals surface area contributed by atoms with Gasteiger partial charge in [0.2, 0.25) is 0 Å². The standard InChI is InChI=1S/C61H74N2O/c1-39-33-43(62(40-21-24-46-49(36-40)59(8,9)30-27-56(46,2)3)41-22-25-47-50(37-41)60(10,11)31-28-57(47,4)5)35-44(34-39)63(42-23-26-48-51(38-42)61(12,13)32-29-58(48,6)7)52-18-16-20-54-55(52)45-17-14-15-19-53(45)64-54/h14-15,17,19,21-26,33-38,54H,16,18,20,27-32H2,1-13H3. The van der Waals surface area contributed by atoms with E-state index in [9.17, 15) is 0 Å². The van der Waals surface area contributed by atoms with Crippen LogP contribution in [0.15, 0.2) is 103 Å². The highest BCUT2D eigenvalue weighted by molar-refractivity contribution is 5.88. The Morgan fingerprint density at radius 3 is 1.31 bits per heavy atom. The third-order valence-electron chi connectivity index (χ3n) is 17.1. The van der Waals surface area contributed by atoms with E-state index in [1.807, 2.05) is 0 Å². The van der Waals surface area contributed by atoms with E-state index in [-0.39, 0.29) is 38.6 Å². The van der Waals surface area contributed by atoms with Gasteiger partial charge < -0.3 is 14.5 Å². The predicted octanol–water partition coefficient (Wildman–Crippen LogP) is 17.0. The Balaban J connectivity index is 1.23. The molecule has 0 spiro atoms. The molecule has 1 aliphatic heterocycles. The number of para-hydroxylation sites is 1. The summed E-state index contributed by atoms with van der Waals surface area (Å²) in [6, 6.07) is 38.5. The van der Waals surface area contributed by atoms with E-state index in [0.29, 0.717) is 0 Å². The Labute approximate surface area is 386 Å². The molecule has 334 valence electrons. The number of benzene rings is 5. The molecule has 0 amide bonds. The van der Waals surface area contributed by atoms with E-state index in [1.165, 1.54) is 123 Å². The largest absolute Gasteiger partial charge is 0.485 e. The minimum Gasteiger partial charge on any atom is -0.485 e. The molecule has 0 fully saturated rings. The fourth-order valence-corrected chi connectivity index (χ4v) is 12.6. The topological polar surface area (TPSA) is 15.7 Å². The minimum atomic E-state index is 0.0589. The molecule has 0 aromatic heterocycles. The van der Waals surface area contributed by atoms with Gasteiger partial charge in [0.1, 0.15) is 11.9 Å². The second-order valence-electron chi connectivity index (χ2n) is 24.5. The number of hydrogen-bond acceptors (Lipinski definition) is 3. The first-order valence-corrected chi connectivity index (χ1v) is 24.7. The molecule has 0 saturated carbocycles. The molecule has 4 aliphatic carbocycles. The maximum atomic E-state index is 6.78. The first-order chi connectivity index (χ1) is 30.1. The fraction of sp³-hybridized carbons (Fsp3) is 0.475. The zero-order valence-corrected chi connectivity index (χ0v) is 41.5. The summed E-state index contributed by atoms with van der Waals surface area (Å²) in [7, 11) is 0. The lowest BCUT2D eigenvalue weighted by molar-refractivity contribution is 0.255. The fourth-order valence-electron chi connectivity index (χ4n) is 12.6. The number of hydrogen-bond donors (Lipinski definition) is 0. The highest BCUT2D eigenvalue weighted by Gasteiger charge is 2.42. The molecule has 1 unspecified atom stereocenters. The van der Waals surface area contributed by atoms with Crippen molar-refractivity contribution in [1.29, 1.82) is 0 Å². The van der Waals surface area contributed by atoms with Crippen LogP contribution in [0.4, 0.5) is 28.4 Å². The summed E-state index contributed by atoms with van der Waals surface area (Å²) >= 11 is 0. The summed E-state index contributed by atoms with van der Waals surface area (Å²) in [5.74, 6) is 1.02. The van der Waals surface area contributed by atoms with Crippen LogP contribution in [-0.2, 0) is 32.5 Å². The van der Waals surface area contributed by atoms with Crippen LogP contribution in [0.5, 0.6) is 5.75 Å². The molecular weight excluding hydrogens is 777 g/mol. The molecule has 3 nitrogen and oxygen atoms in total. The van der Waals surface area contributed by atoms with Gasteiger partial charge in [-0.3, -0.25) is 0 Å². The van der Waals surface area contributed by atoms with Crippen LogP contribution in [0.3, 0.4) is 0 Å². The van der Waals surface area contributed by atoms with Crippen LogP contribution in [0.1, 0.15) is 185 Å². The first-order valence-electron chi connectivity index (χ1n) is 24.7. The molecule has 10 rings (SSSR count). The van der Waals surface area contributed by atoms with Gasteiger partial charge in [0.15, 0.2) is 0 Å². The summed E-state index contributed by atoms with van der Waals surface area (Å²) in [6.45, 7) is 31.7. The van der Waals surface area contributed by atoms with Gasteiger partial charge in [0, 0.05) is 45.3 Å². The van der Waals surface area contributed by atoms with Crippen LogP contribution in [0, 0.1) is 6.92 Å². The Hall–Kier alpha value is -4.76. The molecule has 1 atom stereocenters. The third kappa shape index (κ3) is 7.05. The van der Waals surface area contributed by atoms with Crippen molar-refractivity contribution in [3.05, 3.63) is 147 Å². The van der Waals surface area contributed by atoms with Gasteiger partial charge in [-0.1, -0.05) is 119 Å². The van der Waals surface area contributed by atoms with Crippen LogP contribution in [-0.4, -0.2) is 6.10 Å². The molecule has 0 saturated heterocycles. The monoisotopic (exact) mass is 851 g/mol. The average molecular weight is 851 g/mol. The van der Waals surface area contributed by atoms with E-state index in [1.54, 1.807) is 0 Å². The number of allylic oxidation sites excluding steroid dienone is 1. The molecular formula is C61H74N2O. The van der Waals surface area contributed by atoms with Crippen LogP contribution in [0.25, 0.3) is 5.57 Å². The van der Waals surface area contributed by atoms with Crippen molar-refractivity contribution in [2.45, 2.75) is 186 Å². The van der Waals surface area contributed by atoms with Gasteiger partial charge in [-0.25, -0.2) is 0 Å². The van der Waals surface area contributed by atoms with Gasteiger partial charge in [0.05, 0.1) is 0 Å². The first kappa shape index (κ1) is 43.1. The third-order valence-corrected chi connectivity index (χ3v) is 17.1. The number of ether oxygens (including phenoxy) is 1. The Bertz CT molecular complexity index is 2640. The van der Waals surface area contributed by atoms with Crippen LogP contribution in [0.2, 0.25) is 0 Å². The van der Waals surface area contributed by atoms with Crippen molar-refractivity contribution < 1.29 is 4.74 Å². The van der Waals surface area contributed by atoms with Gasteiger partial charge in [-0.2, -0.15) is 0 Å². The SMILES string of the molecule is Cc1cc(N(C2=C3c4ccccc4OC3CCC2)c2ccc3c(c2)C(C)(C)CCC3(C)C)cc(N(c2ccc3c(c2)C(C)(C)CCC3(C)C)c2ccc3c(c2)C(C)(C)CCC3(C)C)c1. The maximum Gasteiger partial charge on any atom is 0.127 e. The minimum absolute atomic E-state index is 0.0589. The summed E-state index contributed by atoms with van der Waals surface area (Å²) in [5.41, 5.74) is 21.0. The summed E-state index contributed by atoms with van der Waals surface area (Å²) in [5, 5.41) is 0. The number of rotatable bonds is 6. The zero-order chi connectivity index (χ0) is 45.4. The van der Waals surface area contributed by atoms with E-state index >= 15 is 0 Å². The van der Waals surface area contributed by atoms with Gasteiger partial charge in [-0.15, -0.1) is 0 Å². The molecule has 5 aliphatic rings. The molecule has 5 aromatic carbocycles. The van der Waals surface area contributed by atoms with Crippen molar-refractivity contribution in [3.63, 3.8) is 0 Å². The molecule has 0 bridgehead atoms. The second-order valence-corrected chi connectivity index (χ2v) is 24.5. The van der Waals surface area contributed by atoms with E-state index < -0.39 is 0 Å². The Kier molecular flexibility index (Phi) is 9.86. The molecule has 64 heavy (non-hydrogen) atoms. The highest BCUT2D eigenvalue weighted by atomic mass is 16.5. The molecule has 5 aromatic rings. The zero-order valence-electron chi connectivity index (χ0n) is 41.5. The number of aryl methyl sites for hydroxylation is 1. The number of nitrogens with zero attached hydrogens (tertiary/aromatic N) is 2. The Morgan fingerprint density at radius 1 is 0.438 bits per heavy atom. The van der Waals surface area contributed by atoms with Crippen molar-refractivity contribution in [3.8, 4) is 5.75 Å². The van der Waals surface area contributed by atoms with Gasteiger partial charge in [0.25, 0.3) is 0 Å². The van der Waals surface area contributed by atoms with E-state index in [0.717, 1.165) is 25.0 Å². The lowest BCUT2D eigenvalue weighted by Gasteiger charge is -2.43. The van der Waals surface area contributed by atoms with Crippen LogP contribution >= 0.6 is 0 Å². The molecule has 0 N–H and O–H groups in total. The molecule has 3 heteroatoms. The van der Waals surface area contributed by atoms with Crippen molar-refractivity contribution in [1.82, 2.24) is 0 Å². The van der Waals surface area contributed by atoms with E-state index in [2.05, 4.69) is 197 Å². The summed E-state index contributed by atoms with van der Waals surface area (Å²) in [4.78, 5) is 5.25. The summed E-state index contributed by atoms with van der Waals surface area (Å²) < 4.78 is 6.78. The average Bonchev–Trinajstić information content (AvgIpc) is 3.63. The quantitative estimate of drug-likeness (QED) is 0.169. The molecule has 0 radical (unpaired) electrons. The molecule has 1 heterocycles. The lowest BCUT2D eigenvalue weighted by Crippen LogP contribution is -2.34. The second kappa shape index (κ2) is 14.6. The van der Waals surface area contributed by atoms with Crippen molar-refractivity contribution >= 4 is 34.0 Å². The van der Waals surface area contributed by atoms with E-state index in [4.69, 9.17) is 4.74 Å². The Morgan fingerprint density at radius 2 is 0.844 bits per heavy atom. The van der Waals surface area contributed by atoms with Crippen molar-refractivity contribution in [2.75, 3.05) is 9.80 Å². The van der Waals surface area contributed by atoms with Gasteiger partial charge >= 0.3 is 0 Å². The number of anilines is 5. The predicted molar refractivity (Wildman–Crippen MR) is 272 cm³/mol.